The summed E-state index contributed by atoms with van der Waals surface area (Å²) in [4.78, 5) is 25.8. The maximum absolute atomic E-state index is 12.8. The number of ketones is 1. The number of ether oxygens (including phenoxy) is 1. The summed E-state index contributed by atoms with van der Waals surface area (Å²) in [7, 11) is 0. The Morgan fingerprint density at radius 1 is 1.27 bits per heavy atom. The molecule has 0 fully saturated rings. The van der Waals surface area contributed by atoms with Crippen LogP contribution in [-0.4, -0.2) is 18.4 Å². The summed E-state index contributed by atoms with van der Waals surface area (Å²) < 4.78 is 6.14. The Hall–Kier alpha value is -1.30. The van der Waals surface area contributed by atoms with Crippen molar-refractivity contribution in [1.29, 1.82) is 0 Å². The first-order valence-corrected chi connectivity index (χ1v) is 10.7. The van der Waals surface area contributed by atoms with E-state index in [1.807, 2.05) is 24.3 Å². The molecule has 3 rings (SSSR count). The number of hydrogen-bond acceptors (Lipinski definition) is 5. The van der Waals surface area contributed by atoms with E-state index in [4.69, 9.17) is 16.3 Å². The molecule has 0 atom stereocenters. The van der Waals surface area contributed by atoms with Crippen molar-refractivity contribution < 1.29 is 14.3 Å². The number of Topliss-reactive ketones (excluding diaryl/α,β-unsaturated/α-hetero) is 1. The number of benzene rings is 1. The highest BCUT2D eigenvalue weighted by atomic mass is 35.5. The second-order valence-corrected chi connectivity index (χ2v) is 9.85. The lowest BCUT2D eigenvalue weighted by Crippen LogP contribution is -2.27. The monoisotopic (exact) mass is 408 g/mol. The Morgan fingerprint density at radius 2 is 1.96 bits per heavy atom. The molecule has 138 valence electrons. The van der Waals surface area contributed by atoms with E-state index in [9.17, 15) is 9.59 Å². The Labute approximate surface area is 167 Å². The molecule has 1 aliphatic rings. The highest BCUT2D eigenvalue weighted by Crippen LogP contribution is 2.45. The normalized spacial score (nSPS) is 15.6. The van der Waals surface area contributed by atoms with Crippen LogP contribution in [0, 0.1) is 5.41 Å². The summed E-state index contributed by atoms with van der Waals surface area (Å²) in [6.45, 7) is 6.27. The van der Waals surface area contributed by atoms with Crippen LogP contribution in [0.15, 0.2) is 28.5 Å². The van der Waals surface area contributed by atoms with Gasteiger partial charge in [0.15, 0.2) is 5.78 Å². The zero-order valence-corrected chi connectivity index (χ0v) is 17.4. The minimum Gasteiger partial charge on any atom is -0.462 e. The number of carbonyl (C=O) groups excluding carboxylic acids is 2. The van der Waals surface area contributed by atoms with E-state index in [0.29, 0.717) is 22.9 Å². The van der Waals surface area contributed by atoms with Crippen LogP contribution in [0.1, 0.15) is 58.3 Å². The Bertz CT molecular complexity index is 837. The van der Waals surface area contributed by atoms with Gasteiger partial charge in [0.25, 0.3) is 0 Å². The van der Waals surface area contributed by atoms with Gasteiger partial charge in [0, 0.05) is 22.8 Å². The van der Waals surface area contributed by atoms with Crippen molar-refractivity contribution in [2.75, 3.05) is 6.61 Å². The van der Waals surface area contributed by atoms with Gasteiger partial charge in [-0.1, -0.05) is 37.6 Å². The predicted molar refractivity (Wildman–Crippen MR) is 108 cm³/mol. The first kappa shape index (κ1) is 19.5. The second-order valence-electron chi connectivity index (χ2n) is 7.15. The molecule has 3 nitrogen and oxygen atoms in total. The molecule has 0 spiro atoms. The molecule has 0 radical (unpaired) electrons. The van der Waals surface area contributed by atoms with Crippen molar-refractivity contribution in [3.63, 3.8) is 0 Å². The van der Waals surface area contributed by atoms with Gasteiger partial charge in [0.05, 0.1) is 10.8 Å². The van der Waals surface area contributed by atoms with Gasteiger partial charge in [-0.25, -0.2) is 4.79 Å². The largest absolute Gasteiger partial charge is 0.462 e. The molecule has 0 amide bonds. The van der Waals surface area contributed by atoms with Crippen molar-refractivity contribution in [3.8, 4) is 0 Å². The van der Waals surface area contributed by atoms with E-state index in [-0.39, 0.29) is 17.2 Å². The molecule has 0 aliphatic heterocycles. The van der Waals surface area contributed by atoms with Crippen molar-refractivity contribution in [1.82, 2.24) is 0 Å². The Morgan fingerprint density at radius 3 is 2.62 bits per heavy atom. The van der Waals surface area contributed by atoms with Crippen LogP contribution < -0.4 is 0 Å². The van der Waals surface area contributed by atoms with E-state index in [2.05, 4.69) is 13.8 Å². The highest BCUT2D eigenvalue weighted by molar-refractivity contribution is 8.00. The van der Waals surface area contributed by atoms with E-state index < -0.39 is 0 Å². The fourth-order valence-electron chi connectivity index (χ4n) is 3.15. The molecule has 1 aromatic carbocycles. The van der Waals surface area contributed by atoms with Gasteiger partial charge in [-0.15, -0.1) is 23.1 Å². The zero-order chi connectivity index (χ0) is 18.9. The van der Waals surface area contributed by atoms with Crippen molar-refractivity contribution in [2.24, 2.45) is 5.41 Å². The number of hydrogen-bond donors (Lipinski definition) is 0. The van der Waals surface area contributed by atoms with Crippen molar-refractivity contribution in [3.05, 3.63) is 50.9 Å². The van der Waals surface area contributed by atoms with Crippen LogP contribution in [0.2, 0.25) is 5.02 Å². The molecule has 0 unspecified atom stereocenters. The third-order valence-electron chi connectivity index (χ3n) is 4.29. The Kier molecular flexibility index (Phi) is 5.80. The Balaban J connectivity index is 1.93. The van der Waals surface area contributed by atoms with Crippen LogP contribution >= 0.6 is 34.7 Å². The van der Waals surface area contributed by atoms with Crippen LogP contribution in [0.3, 0.4) is 0 Å². The maximum Gasteiger partial charge on any atom is 0.348 e. The number of halogens is 1. The fourth-order valence-corrected chi connectivity index (χ4v) is 5.77. The number of thioether (sulfide) groups is 1. The molecule has 0 N–H and O–H groups in total. The molecule has 1 heterocycles. The van der Waals surface area contributed by atoms with Gasteiger partial charge in [-0.2, -0.15) is 0 Å². The minimum atomic E-state index is -0.322. The summed E-state index contributed by atoms with van der Waals surface area (Å²) >= 11 is 8.93. The third-order valence-corrected chi connectivity index (χ3v) is 7.10. The average molecular weight is 409 g/mol. The summed E-state index contributed by atoms with van der Waals surface area (Å²) in [5, 5.41) is 0.703. The molecule has 6 heteroatoms. The van der Waals surface area contributed by atoms with Gasteiger partial charge in [0.2, 0.25) is 0 Å². The van der Waals surface area contributed by atoms with Gasteiger partial charge in [0.1, 0.15) is 4.88 Å². The standard InChI is InChI=1S/C20H21ClO3S2/c1-4-24-18(23)17-14-9-20(2,3)10-15(22)16(14)19(26-17)25-11-12-5-7-13(21)8-6-12/h5-8H,4,9-11H2,1-3H3. The zero-order valence-electron chi connectivity index (χ0n) is 15.1. The van der Waals surface area contributed by atoms with Crippen LogP contribution in [0.4, 0.5) is 0 Å². The van der Waals surface area contributed by atoms with E-state index in [1.165, 1.54) is 11.3 Å². The first-order chi connectivity index (χ1) is 12.3. The molecule has 2 aromatic rings. The van der Waals surface area contributed by atoms with Crippen LogP contribution in [0.25, 0.3) is 0 Å². The average Bonchev–Trinajstić information content (AvgIpc) is 2.92. The lowest BCUT2D eigenvalue weighted by molar-refractivity contribution is 0.0530. The minimum absolute atomic E-state index is 0.127. The van der Waals surface area contributed by atoms with Gasteiger partial charge < -0.3 is 4.74 Å². The number of rotatable bonds is 5. The molecule has 1 aliphatic carbocycles. The lowest BCUT2D eigenvalue weighted by atomic mass is 9.74. The van der Waals surface area contributed by atoms with Gasteiger partial charge in [-0.05, 0) is 42.0 Å². The summed E-state index contributed by atoms with van der Waals surface area (Å²) in [5.74, 6) is 0.530. The molecular formula is C20H21ClO3S2. The molecular weight excluding hydrogens is 388 g/mol. The quantitative estimate of drug-likeness (QED) is 0.447. The second kappa shape index (κ2) is 7.75. The number of carbonyl (C=O) groups is 2. The molecule has 0 saturated heterocycles. The number of thiophene rings is 1. The van der Waals surface area contributed by atoms with Crippen LogP contribution in [-0.2, 0) is 16.9 Å². The molecule has 1 aromatic heterocycles. The van der Waals surface area contributed by atoms with Crippen LogP contribution in [0.5, 0.6) is 0 Å². The van der Waals surface area contributed by atoms with Crippen molar-refractivity contribution >= 4 is 46.5 Å². The molecule has 0 saturated carbocycles. The van der Waals surface area contributed by atoms with Gasteiger partial charge in [-0.3, -0.25) is 4.79 Å². The van der Waals surface area contributed by atoms with E-state index in [0.717, 1.165) is 33.1 Å². The van der Waals surface area contributed by atoms with E-state index in [1.54, 1.807) is 18.7 Å². The summed E-state index contributed by atoms with van der Waals surface area (Å²) in [6.07, 6.45) is 1.23. The summed E-state index contributed by atoms with van der Waals surface area (Å²) in [5.41, 5.74) is 2.59. The lowest BCUT2D eigenvalue weighted by Gasteiger charge is -2.29. The first-order valence-electron chi connectivity index (χ1n) is 8.54. The number of fused-ring (bicyclic) bond motifs is 1. The molecule has 26 heavy (non-hydrogen) atoms. The molecule has 0 bridgehead atoms. The number of esters is 1. The van der Waals surface area contributed by atoms with Gasteiger partial charge >= 0.3 is 5.97 Å². The SMILES string of the molecule is CCOC(=O)c1sc(SCc2ccc(Cl)cc2)c2c1CC(C)(C)CC2=O. The fraction of sp³-hybridized carbons (Fsp3) is 0.400. The van der Waals surface area contributed by atoms with Crippen molar-refractivity contribution in [2.45, 2.75) is 43.6 Å². The topological polar surface area (TPSA) is 43.4 Å². The highest BCUT2D eigenvalue weighted by Gasteiger charge is 2.37. The smallest absolute Gasteiger partial charge is 0.348 e. The maximum atomic E-state index is 12.8. The third kappa shape index (κ3) is 4.16. The van der Waals surface area contributed by atoms with E-state index >= 15 is 0 Å². The predicted octanol–water partition coefficient (Wildman–Crippen LogP) is 6.03. The summed E-state index contributed by atoms with van der Waals surface area (Å²) in [6, 6.07) is 7.68.